The Labute approximate surface area is 90.0 Å². The second-order valence-corrected chi connectivity index (χ2v) is 5.11. The van der Waals surface area contributed by atoms with Crippen LogP contribution in [-0.2, 0) is 9.84 Å². The fourth-order valence-electron chi connectivity index (χ4n) is 1.46. The molecule has 0 atom stereocenters. The summed E-state index contributed by atoms with van der Waals surface area (Å²) in [5.41, 5.74) is 1.29. The lowest BCUT2D eigenvalue weighted by molar-refractivity contribution is 0.0448. The topological polar surface area (TPSA) is 9.23 Å². The quantitative estimate of drug-likeness (QED) is 0.691. The Bertz CT molecular complexity index is 290. The molecule has 0 fully saturated rings. The highest BCUT2D eigenvalue weighted by Crippen LogP contribution is 2.36. The smallest absolute Gasteiger partial charge is 0.146 e. The first-order valence-corrected chi connectivity index (χ1v) is 5.84. The fraction of sp³-hybridized carbons (Fsp3) is 0.500. The Morgan fingerprint density at radius 2 is 1.50 bits per heavy atom. The first-order valence-electron chi connectivity index (χ1n) is 5.02. The molecule has 1 aromatic carbocycles. The van der Waals surface area contributed by atoms with Crippen molar-refractivity contribution in [1.82, 2.24) is 0 Å². The molecule has 0 amide bonds. The molecular formula is C12H20OSi. The number of hydrogen-bond acceptors (Lipinski definition) is 1. The van der Waals surface area contributed by atoms with E-state index in [-0.39, 0.29) is 11.0 Å². The average molecular weight is 208 g/mol. The summed E-state index contributed by atoms with van der Waals surface area (Å²) in [7, 11) is 0.779. The summed E-state index contributed by atoms with van der Waals surface area (Å²) in [6.45, 7) is 8.79. The summed E-state index contributed by atoms with van der Waals surface area (Å²) < 4.78 is 5.70. The van der Waals surface area contributed by atoms with Crippen LogP contribution in [0, 0.1) is 0 Å². The van der Waals surface area contributed by atoms with Gasteiger partial charge in [-0.25, -0.2) is 0 Å². The van der Waals surface area contributed by atoms with Gasteiger partial charge < -0.3 is 4.43 Å². The van der Waals surface area contributed by atoms with E-state index in [1.54, 1.807) is 0 Å². The van der Waals surface area contributed by atoms with Gasteiger partial charge in [-0.15, -0.1) is 0 Å². The molecule has 0 saturated heterocycles. The van der Waals surface area contributed by atoms with E-state index in [0.717, 1.165) is 10.5 Å². The van der Waals surface area contributed by atoms with E-state index in [4.69, 9.17) is 4.43 Å². The molecule has 0 aliphatic rings. The van der Waals surface area contributed by atoms with Gasteiger partial charge >= 0.3 is 0 Å². The van der Waals surface area contributed by atoms with E-state index in [9.17, 15) is 0 Å². The third-order valence-electron chi connectivity index (χ3n) is 3.51. The first kappa shape index (κ1) is 11.5. The van der Waals surface area contributed by atoms with Crippen LogP contribution in [0.15, 0.2) is 30.3 Å². The van der Waals surface area contributed by atoms with Crippen molar-refractivity contribution in [2.24, 2.45) is 0 Å². The number of rotatable bonds is 3. The van der Waals surface area contributed by atoms with E-state index in [1.165, 1.54) is 5.56 Å². The lowest BCUT2D eigenvalue weighted by Gasteiger charge is -2.41. The van der Waals surface area contributed by atoms with Crippen molar-refractivity contribution in [1.29, 1.82) is 0 Å². The Morgan fingerprint density at radius 1 is 1.00 bits per heavy atom. The second-order valence-electron chi connectivity index (χ2n) is 4.71. The molecular weight excluding hydrogens is 188 g/mol. The van der Waals surface area contributed by atoms with Gasteiger partial charge in [-0.3, -0.25) is 0 Å². The Kier molecular flexibility index (Phi) is 3.17. The molecule has 0 spiro atoms. The Balaban J connectivity index is 3.08. The van der Waals surface area contributed by atoms with Crippen LogP contribution in [0.4, 0.5) is 0 Å². The fourth-order valence-corrected chi connectivity index (χ4v) is 1.97. The van der Waals surface area contributed by atoms with E-state index < -0.39 is 0 Å². The standard InChI is InChI=1S/C12H20OSi/c1-11(2,12(3,4)13-14)10-8-6-5-7-9-10/h5-9H,1-4,14H3. The first-order chi connectivity index (χ1) is 6.42. The van der Waals surface area contributed by atoms with Crippen LogP contribution in [0.25, 0.3) is 0 Å². The minimum atomic E-state index is -0.0967. The SMILES string of the molecule is CC(C)(O[SiH3])C(C)(C)c1ccccc1. The van der Waals surface area contributed by atoms with Crippen molar-refractivity contribution in [3.8, 4) is 0 Å². The minimum absolute atomic E-state index is 0.0516. The predicted octanol–water partition coefficient (Wildman–Crippen LogP) is 2.04. The van der Waals surface area contributed by atoms with Gasteiger partial charge in [0, 0.05) is 5.41 Å². The van der Waals surface area contributed by atoms with Crippen molar-refractivity contribution in [3.05, 3.63) is 35.9 Å². The average Bonchev–Trinajstić information content (AvgIpc) is 2.19. The van der Waals surface area contributed by atoms with Crippen molar-refractivity contribution in [2.45, 2.75) is 38.7 Å². The zero-order valence-electron chi connectivity index (χ0n) is 9.79. The Hall–Kier alpha value is -0.603. The van der Waals surface area contributed by atoms with Gasteiger partial charge in [0.25, 0.3) is 0 Å². The maximum absolute atomic E-state index is 5.70. The molecule has 0 aliphatic heterocycles. The third-order valence-corrected chi connectivity index (χ3v) is 4.53. The summed E-state index contributed by atoms with van der Waals surface area (Å²) in [5.74, 6) is 0. The molecule has 0 radical (unpaired) electrons. The van der Waals surface area contributed by atoms with Crippen molar-refractivity contribution in [2.75, 3.05) is 0 Å². The third kappa shape index (κ3) is 1.91. The summed E-state index contributed by atoms with van der Waals surface area (Å²) in [4.78, 5) is 0. The van der Waals surface area contributed by atoms with Gasteiger partial charge in [0.2, 0.25) is 0 Å². The van der Waals surface area contributed by atoms with Crippen LogP contribution < -0.4 is 0 Å². The van der Waals surface area contributed by atoms with E-state index in [2.05, 4.69) is 52.0 Å². The van der Waals surface area contributed by atoms with Crippen LogP contribution in [0.2, 0.25) is 0 Å². The van der Waals surface area contributed by atoms with Crippen molar-refractivity contribution in [3.63, 3.8) is 0 Å². The van der Waals surface area contributed by atoms with Crippen LogP contribution in [-0.4, -0.2) is 16.1 Å². The lowest BCUT2D eigenvalue weighted by atomic mass is 9.72. The zero-order chi connectivity index (χ0) is 10.8. The maximum Gasteiger partial charge on any atom is 0.146 e. The largest absolute Gasteiger partial charge is 0.422 e. The highest BCUT2D eigenvalue weighted by atomic mass is 28.2. The molecule has 0 unspecified atom stereocenters. The van der Waals surface area contributed by atoms with Gasteiger partial charge in [-0.2, -0.15) is 0 Å². The molecule has 0 aromatic heterocycles. The number of benzene rings is 1. The molecule has 0 bridgehead atoms. The molecule has 0 heterocycles. The molecule has 1 rings (SSSR count). The van der Waals surface area contributed by atoms with E-state index >= 15 is 0 Å². The van der Waals surface area contributed by atoms with E-state index in [1.807, 2.05) is 6.07 Å². The monoisotopic (exact) mass is 208 g/mol. The van der Waals surface area contributed by atoms with Gasteiger partial charge in [-0.05, 0) is 19.4 Å². The van der Waals surface area contributed by atoms with Gasteiger partial charge in [0.1, 0.15) is 10.5 Å². The van der Waals surface area contributed by atoms with Crippen LogP contribution in [0.1, 0.15) is 33.3 Å². The van der Waals surface area contributed by atoms with Gasteiger partial charge in [-0.1, -0.05) is 44.2 Å². The summed E-state index contributed by atoms with van der Waals surface area (Å²) in [5, 5.41) is 0. The molecule has 0 N–H and O–H groups in total. The summed E-state index contributed by atoms with van der Waals surface area (Å²) in [6.07, 6.45) is 0. The predicted molar refractivity (Wildman–Crippen MR) is 64.6 cm³/mol. The highest BCUT2D eigenvalue weighted by molar-refractivity contribution is 5.98. The van der Waals surface area contributed by atoms with E-state index in [0.29, 0.717) is 0 Å². The summed E-state index contributed by atoms with van der Waals surface area (Å²) >= 11 is 0. The molecule has 78 valence electrons. The number of hydrogen-bond donors (Lipinski definition) is 0. The molecule has 0 saturated carbocycles. The summed E-state index contributed by atoms with van der Waals surface area (Å²) in [6, 6.07) is 10.6. The van der Waals surface area contributed by atoms with Gasteiger partial charge in [0.05, 0.1) is 5.60 Å². The van der Waals surface area contributed by atoms with Crippen molar-refractivity contribution < 1.29 is 4.43 Å². The van der Waals surface area contributed by atoms with Crippen molar-refractivity contribution >= 4 is 10.5 Å². The highest BCUT2D eigenvalue weighted by Gasteiger charge is 2.37. The zero-order valence-corrected chi connectivity index (χ0v) is 11.8. The molecule has 2 heteroatoms. The van der Waals surface area contributed by atoms with Gasteiger partial charge in [0.15, 0.2) is 0 Å². The minimum Gasteiger partial charge on any atom is -0.422 e. The Morgan fingerprint density at radius 3 is 1.93 bits per heavy atom. The second kappa shape index (κ2) is 3.87. The maximum atomic E-state index is 5.70. The molecule has 1 nitrogen and oxygen atoms in total. The molecule has 1 aromatic rings. The molecule has 0 aliphatic carbocycles. The van der Waals surface area contributed by atoms with Crippen LogP contribution in [0.5, 0.6) is 0 Å². The van der Waals surface area contributed by atoms with Crippen LogP contribution in [0.3, 0.4) is 0 Å². The normalized spacial score (nSPS) is 13.1. The van der Waals surface area contributed by atoms with Crippen LogP contribution >= 0.6 is 0 Å². The lowest BCUT2D eigenvalue weighted by Crippen LogP contribution is -2.44. The molecule has 14 heavy (non-hydrogen) atoms.